The highest BCUT2D eigenvalue weighted by Gasteiger charge is 2.00. The third kappa shape index (κ3) is 3.43. The lowest BCUT2D eigenvalue weighted by Gasteiger charge is -2.07. The summed E-state index contributed by atoms with van der Waals surface area (Å²) >= 11 is 0. The second kappa shape index (κ2) is 5.65. The quantitative estimate of drug-likeness (QED) is 0.844. The van der Waals surface area contributed by atoms with E-state index in [9.17, 15) is 0 Å². The first-order valence-electron chi connectivity index (χ1n) is 6.15. The van der Waals surface area contributed by atoms with Crippen LogP contribution in [0.1, 0.15) is 18.9 Å². The molecule has 1 heteroatoms. The Kier molecular flexibility index (Phi) is 3.94. The Labute approximate surface area is 103 Å². The average Bonchev–Trinajstić information content (AvgIpc) is 2.38. The molecule has 2 aromatic rings. The maximum Gasteiger partial charge on any atom is 0.00136 e. The smallest absolute Gasteiger partial charge is 0.00136 e. The molecule has 2 N–H and O–H groups in total. The standard InChI is InChI=1S/C16H19N/c1-13(17)10-11-14-6-5-9-16(12-14)15-7-3-2-4-8-15/h2-9,12-13H,10-11,17H2,1H3. The average molecular weight is 225 g/mol. The second-order valence-electron chi connectivity index (χ2n) is 4.58. The summed E-state index contributed by atoms with van der Waals surface area (Å²) in [4.78, 5) is 0. The van der Waals surface area contributed by atoms with Crippen molar-refractivity contribution in [2.45, 2.75) is 25.8 Å². The molecule has 0 fully saturated rings. The SMILES string of the molecule is CC(N)CCc1cccc(-c2ccccc2)c1. The van der Waals surface area contributed by atoms with E-state index in [4.69, 9.17) is 5.73 Å². The van der Waals surface area contributed by atoms with Gasteiger partial charge in [0.15, 0.2) is 0 Å². The Hall–Kier alpha value is -1.60. The molecule has 1 atom stereocenters. The molecule has 0 saturated heterocycles. The molecule has 1 nitrogen and oxygen atoms in total. The molecule has 0 aliphatic heterocycles. The van der Waals surface area contributed by atoms with Gasteiger partial charge in [0, 0.05) is 6.04 Å². The lowest BCUT2D eigenvalue weighted by molar-refractivity contribution is 0.666. The van der Waals surface area contributed by atoms with Gasteiger partial charge in [-0.15, -0.1) is 0 Å². The number of benzene rings is 2. The summed E-state index contributed by atoms with van der Waals surface area (Å²) in [6.45, 7) is 2.06. The van der Waals surface area contributed by atoms with Crippen molar-refractivity contribution in [3.63, 3.8) is 0 Å². The molecule has 1 unspecified atom stereocenters. The second-order valence-corrected chi connectivity index (χ2v) is 4.58. The Morgan fingerprint density at radius 2 is 1.65 bits per heavy atom. The van der Waals surface area contributed by atoms with Gasteiger partial charge in [-0.05, 0) is 36.5 Å². The minimum absolute atomic E-state index is 0.274. The first-order valence-corrected chi connectivity index (χ1v) is 6.15. The zero-order valence-corrected chi connectivity index (χ0v) is 10.3. The fourth-order valence-electron chi connectivity index (χ4n) is 1.93. The van der Waals surface area contributed by atoms with Crippen molar-refractivity contribution in [1.82, 2.24) is 0 Å². The zero-order valence-electron chi connectivity index (χ0n) is 10.3. The molecule has 0 saturated carbocycles. The predicted octanol–water partition coefficient (Wildman–Crippen LogP) is 3.63. The van der Waals surface area contributed by atoms with Crippen LogP contribution in [-0.4, -0.2) is 6.04 Å². The van der Waals surface area contributed by atoms with Crippen LogP contribution in [0.25, 0.3) is 11.1 Å². The number of nitrogens with two attached hydrogens (primary N) is 1. The van der Waals surface area contributed by atoms with Gasteiger partial charge in [-0.2, -0.15) is 0 Å². The van der Waals surface area contributed by atoms with Crippen LogP contribution in [0.4, 0.5) is 0 Å². The maximum atomic E-state index is 5.79. The van der Waals surface area contributed by atoms with Crippen LogP contribution < -0.4 is 5.73 Å². The van der Waals surface area contributed by atoms with Gasteiger partial charge in [-0.3, -0.25) is 0 Å². The Morgan fingerprint density at radius 1 is 0.941 bits per heavy atom. The van der Waals surface area contributed by atoms with E-state index in [-0.39, 0.29) is 6.04 Å². The summed E-state index contributed by atoms with van der Waals surface area (Å²) in [6, 6.07) is 19.5. The molecule has 17 heavy (non-hydrogen) atoms. The molecular weight excluding hydrogens is 206 g/mol. The fourth-order valence-corrected chi connectivity index (χ4v) is 1.93. The van der Waals surface area contributed by atoms with Crippen molar-refractivity contribution in [3.05, 3.63) is 60.2 Å². The summed E-state index contributed by atoms with van der Waals surface area (Å²) in [5, 5.41) is 0. The first kappa shape index (κ1) is 11.9. The summed E-state index contributed by atoms with van der Waals surface area (Å²) < 4.78 is 0. The Balaban J connectivity index is 2.17. The van der Waals surface area contributed by atoms with Gasteiger partial charge in [0.1, 0.15) is 0 Å². The fraction of sp³-hybridized carbons (Fsp3) is 0.250. The number of hydrogen-bond acceptors (Lipinski definition) is 1. The molecule has 0 heterocycles. The van der Waals surface area contributed by atoms with Gasteiger partial charge in [0.05, 0.1) is 0 Å². The summed E-state index contributed by atoms with van der Waals surface area (Å²) in [7, 11) is 0. The normalized spacial score (nSPS) is 12.4. The highest BCUT2D eigenvalue weighted by atomic mass is 14.6. The minimum Gasteiger partial charge on any atom is -0.328 e. The van der Waals surface area contributed by atoms with Crippen molar-refractivity contribution in [2.24, 2.45) is 5.73 Å². The van der Waals surface area contributed by atoms with Gasteiger partial charge >= 0.3 is 0 Å². The van der Waals surface area contributed by atoms with Gasteiger partial charge in [0.2, 0.25) is 0 Å². The molecule has 0 aliphatic carbocycles. The van der Waals surface area contributed by atoms with Gasteiger partial charge < -0.3 is 5.73 Å². The van der Waals surface area contributed by atoms with Crippen LogP contribution in [0.3, 0.4) is 0 Å². The van der Waals surface area contributed by atoms with Crippen LogP contribution in [0.2, 0.25) is 0 Å². The summed E-state index contributed by atoms with van der Waals surface area (Å²) in [5.41, 5.74) is 9.71. The lowest BCUT2D eigenvalue weighted by Crippen LogP contribution is -2.15. The van der Waals surface area contributed by atoms with Gasteiger partial charge in [-0.25, -0.2) is 0 Å². The van der Waals surface area contributed by atoms with Crippen LogP contribution in [-0.2, 0) is 6.42 Å². The molecule has 0 bridgehead atoms. The van der Waals surface area contributed by atoms with Crippen molar-refractivity contribution in [1.29, 1.82) is 0 Å². The van der Waals surface area contributed by atoms with Crippen molar-refractivity contribution in [2.75, 3.05) is 0 Å². The van der Waals surface area contributed by atoms with Crippen molar-refractivity contribution < 1.29 is 0 Å². The van der Waals surface area contributed by atoms with Gasteiger partial charge in [0.25, 0.3) is 0 Å². The molecule has 88 valence electrons. The third-order valence-electron chi connectivity index (χ3n) is 2.92. The molecule has 2 rings (SSSR count). The first-order chi connectivity index (χ1) is 8.25. The van der Waals surface area contributed by atoms with Crippen LogP contribution in [0.5, 0.6) is 0 Å². The van der Waals surface area contributed by atoms with Crippen LogP contribution in [0, 0.1) is 0 Å². The van der Waals surface area contributed by atoms with E-state index in [0.29, 0.717) is 0 Å². The lowest BCUT2D eigenvalue weighted by atomic mass is 10.00. The van der Waals surface area contributed by atoms with E-state index >= 15 is 0 Å². The highest BCUT2D eigenvalue weighted by Crippen LogP contribution is 2.20. The van der Waals surface area contributed by atoms with E-state index in [2.05, 4.69) is 55.5 Å². The molecular formula is C16H19N. The zero-order chi connectivity index (χ0) is 12.1. The Bertz CT molecular complexity index is 460. The monoisotopic (exact) mass is 225 g/mol. The predicted molar refractivity (Wildman–Crippen MR) is 73.8 cm³/mol. The number of hydrogen-bond donors (Lipinski definition) is 1. The molecule has 0 spiro atoms. The minimum atomic E-state index is 0.274. The molecule has 0 radical (unpaired) electrons. The van der Waals surface area contributed by atoms with Crippen molar-refractivity contribution >= 4 is 0 Å². The molecule has 0 amide bonds. The molecule has 2 aromatic carbocycles. The third-order valence-corrected chi connectivity index (χ3v) is 2.92. The highest BCUT2D eigenvalue weighted by molar-refractivity contribution is 5.63. The molecule has 0 aromatic heterocycles. The number of aryl methyl sites for hydroxylation is 1. The molecule has 0 aliphatic rings. The van der Waals surface area contributed by atoms with Gasteiger partial charge in [-0.1, -0.05) is 54.6 Å². The Morgan fingerprint density at radius 3 is 2.35 bits per heavy atom. The number of rotatable bonds is 4. The van der Waals surface area contributed by atoms with Crippen LogP contribution in [0.15, 0.2) is 54.6 Å². The van der Waals surface area contributed by atoms with E-state index in [1.807, 2.05) is 6.07 Å². The summed E-state index contributed by atoms with van der Waals surface area (Å²) in [6.07, 6.45) is 2.09. The topological polar surface area (TPSA) is 26.0 Å². The summed E-state index contributed by atoms with van der Waals surface area (Å²) in [5.74, 6) is 0. The van der Waals surface area contributed by atoms with E-state index in [1.165, 1.54) is 16.7 Å². The maximum absolute atomic E-state index is 5.79. The van der Waals surface area contributed by atoms with E-state index in [1.54, 1.807) is 0 Å². The van der Waals surface area contributed by atoms with Crippen molar-refractivity contribution in [3.8, 4) is 11.1 Å². The van der Waals surface area contributed by atoms with E-state index < -0.39 is 0 Å². The largest absolute Gasteiger partial charge is 0.328 e. The van der Waals surface area contributed by atoms with Crippen LogP contribution >= 0.6 is 0 Å². The van der Waals surface area contributed by atoms with E-state index in [0.717, 1.165) is 12.8 Å².